The number of hydrogen-bond acceptors (Lipinski definition) is 4. The summed E-state index contributed by atoms with van der Waals surface area (Å²) in [6.07, 6.45) is 3.70. The molecule has 136 valence electrons. The van der Waals surface area contributed by atoms with Crippen LogP contribution in [0.5, 0.6) is 0 Å². The normalized spacial score (nSPS) is 17.2. The van der Waals surface area contributed by atoms with E-state index in [9.17, 15) is 4.79 Å². The average Bonchev–Trinajstić information content (AvgIpc) is 3.01. The largest absolute Gasteiger partial charge is 0.336 e. The van der Waals surface area contributed by atoms with Gasteiger partial charge in [0, 0.05) is 49.9 Å². The van der Waals surface area contributed by atoms with E-state index in [1.165, 1.54) is 0 Å². The topological polar surface area (TPSA) is 50.2 Å². The van der Waals surface area contributed by atoms with Gasteiger partial charge in [0.1, 0.15) is 11.9 Å². The van der Waals surface area contributed by atoms with Crippen LogP contribution in [0.15, 0.2) is 36.7 Å². The van der Waals surface area contributed by atoms with Crippen molar-refractivity contribution in [2.45, 2.75) is 11.8 Å². The number of thioether (sulfide) groups is 1. The molecule has 1 saturated heterocycles. The lowest BCUT2D eigenvalue weighted by atomic mass is 10.1. The highest BCUT2D eigenvalue weighted by Crippen LogP contribution is 2.23. The maximum atomic E-state index is 12.7. The van der Waals surface area contributed by atoms with Crippen LogP contribution in [0.25, 0.3) is 0 Å². The SMILES string of the molecule is Cl.Cn1ccnc1C1CNCCN1C(=O)CSCc1cccc(Cl)c1. The maximum Gasteiger partial charge on any atom is 0.233 e. The first-order chi connectivity index (χ1) is 11.6. The second-order valence-corrected chi connectivity index (χ2v) is 7.25. The Labute approximate surface area is 163 Å². The van der Waals surface area contributed by atoms with Crippen molar-refractivity contribution < 1.29 is 4.79 Å². The number of nitrogens with one attached hydrogen (secondary N) is 1. The van der Waals surface area contributed by atoms with Gasteiger partial charge in [0.2, 0.25) is 5.91 Å². The van der Waals surface area contributed by atoms with Gasteiger partial charge in [0.05, 0.1) is 5.75 Å². The molecule has 1 amide bonds. The van der Waals surface area contributed by atoms with Gasteiger partial charge in [-0.05, 0) is 17.7 Å². The summed E-state index contributed by atoms with van der Waals surface area (Å²) in [6.45, 7) is 2.29. The van der Waals surface area contributed by atoms with Crippen LogP contribution < -0.4 is 5.32 Å². The van der Waals surface area contributed by atoms with Gasteiger partial charge in [0.15, 0.2) is 0 Å². The monoisotopic (exact) mass is 400 g/mol. The summed E-state index contributed by atoms with van der Waals surface area (Å²) in [6, 6.07) is 7.77. The van der Waals surface area contributed by atoms with E-state index in [0.717, 1.165) is 35.3 Å². The average molecular weight is 401 g/mol. The zero-order chi connectivity index (χ0) is 16.9. The number of benzene rings is 1. The zero-order valence-electron chi connectivity index (χ0n) is 14.0. The minimum absolute atomic E-state index is 0. The smallest absolute Gasteiger partial charge is 0.233 e. The fourth-order valence-corrected chi connectivity index (χ4v) is 3.97. The molecule has 0 spiro atoms. The summed E-state index contributed by atoms with van der Waals surface area (Å²) in [5.74, 6) is 2.34. The Morgan fingerprint density at radius 1 is 1.48 bits per heavy atom. The number of halogens is 2. The molecule has 2 aromatic rings. The van der Waals surface area contributed by atoms with Crippen LogP contribution in [0.2, 0.25) is 5.02 Å². The van der Waals surface area contributed by atoms with Crippen molar-refractivity contribution >= 4 is 41.7 Å². The van der Waals surface area contributed by atoms with Crippen molar-refractivity contribution in [2.75, 3.05) is 25.4 Å². The summed E-state index contributed by atoms with van der Waals surface area (Å²) in [5.41, 5.74) is 1.14. The van der Waals surface area contributed by atoms with Crippen LogP contribution in [-0.4, -0.2) is 45.7 Å². The molecular formula is C17H22Cl2N4OS. The summed E-state index contributed by atoms with van der Waals surface area (Å²) in [7, 11) is 1.97. The van der Waals surface area contributed by atoms with E-state index in [-0.39, 0.29) is 24.4 Å². The number of amides is 1. The van der Waals surface area contributed by atoms with Crippen molar-refractivity contribution in [3.8, 4) is 0 Å². The molecule has 0 saturated carbocycles. The number of aryl methyl sites for hydroxylation is 1. The molecule has 1 unspecified atom stereocenters. The van der Waals surface area contributed by atoms with Crippen molar-refractivity contribution in [2.24, 2.45) is 7.05 Å². The van der Waals surface area contributed by atoms with Crippen molar-refractivity contribution in [3.63, 3.8) is 0 Å². The summed E-state index contributed by atoms with van der Waals surface area (Å²) in [4.78, 5) is 19.1. The van der Waals surface area contributed by atoms with E-state index in [4.69, 9.17) is 11.6 Å². The van der Waals surface area contributed by atoms with E-state index < -0.39 is 0 Å². The van der Waals surface area contributed by atoms with Gasteiger partial charge in [-0.3, -0.25) is 4.79 Å². The van der Waals surface area contributed by atoms with E-state index in [1.54, 1.807) is 18.0 Å². The van der Waals surface area contributed by atoms with E-state index in [0.29, 0.717) is 12.3 Å². The summed E-state index contributed by atoms with van der Waals surface area (Å²) >= 11 is 7.62. The Balaban J connectivity index is 0.00000225. The number of carbonyl (C=O) groups excluding carboxylic acids is 1. The number of imidazole rings is 1. The highest BCUT2D eigenvalue weighted by molar-refractivity contribution is 7.99. The van der Waals surface area contributed by atoms with E-state index in [1.807, 2.05) is 47.0 Å². The van der Waals surface area contributed by atoms with Gasteiger partial charge < -0.3 is 14.8 Å². The Morgan fingerprint density at radius 3 is 3.04 bits per heavy atom. The lowest BCUT2D eigenvalue weighted by molar-refractivity contribution is -0.131. The number of rotatable bonds is 5. The van der Waals surface area contributed by atoms with Gasteiger partial charge in [-0.1, -0.05) is 23.7 Å². The van der Waals surface area contributed by atoms with E-state index >= 15 is 0 Å². The second kappa shape index (κ2) is 9.48. The Hall–Kier alpha value is -1.21. The molecule has 1 aliphatic heterocycles. The molecule has 1 fully saturated rings. The molecule has 1 aliphatic rings. The van der Waals surface area contributed by atoms with Crippen LogP contribution in [0.4, 0.5) is 0 Å². The molecule has 0 radical (unpaired) electrons. The lowest BCUT2D eigenvalue weighted by Gasteiger charge is -2.35. The summed E-state index contributed by atoms with van der Waals surface area (Å²) < 4.78 is 1.98. The first-order valence-electron chi connectivity index (χ1n) is 7.95. The Kier molecular flexibility index (Phi) is 7.62. The highest BCUT2D eigenvalue weighted by Gasteiger charge is 2.30. The predicted octanol–water partition coefficient (Wildman–Crippen LogP) is 2.90. The van der Waals surface area contributed by atoms with Crippen molar-refractivity contribution in [1.82, 2.24) is 19.8 Å². The Morgan fingerprint density at radius 2 is 2.32 bits per heavy atom. The molecule has 8 heteroatoms. The molecular weight excluding hydrogens is 379 g/mol. The first-order valence-corrected chi connectivity index (χ1v) is 9.48. The molecule has 5 nitrogen and oxygen atoms in total. The van der Waals surface area contributed by atoms with Crippen LogP contribution >= 0.6 is 35.8 Å². The third kappa shape index (κ3) is 5.14. The van der Waals surface area contributed by atoms with Crippen molar-refractivity contribution in [3.05, 3.63) is 53.1 Å². The molecule has 3 rings (SSSR count). The van der Waals surface area contributed by atoms with E-state index in [2.05, 4.69) is 10.3 Å². The maximum absolute atomic E-state index is 12.7. The van der Waals surface area contributed by atoms with Crippen molar-refractivity contribution in [1.29, 1.82) is 0 Å². The summed E-state index contributed by atoms with van der Waals surface area (Å²) in [5, 5.41) is 4.09. The first kappa shape index (κ1) is 20.1. The molecule has 25 heavy (non-hydrogen) atoms. The van der Waals surface area contributed by atoms with Gasteiger partial charge in [-0.15, -0.1) is 24.2 Å². The molecule has 2 heterocycles. The zero-order valence-corrected chi connectivity index (χ0v) is 16.4. The number of aromatic nitrogens is 2. The lowest BCUT2D eigenvalue weighted by Crippen LogP contribution is -2.50. The standard InChI is InChI=1S/C17H21ClN4OS.ClH/c1-21-7-6-20-17(21)15-10-19-5-8-22(15)16(23)12-24-11-13-3-2-4-14(18)9-13;/h2-4,6-7,9,15,19H,5,8,10-12H2,1H3;1H. The van der Waals surface area contributed by atoms with Crippen LogP contribution in [0.1, 0.15) is 17.4 Å². The Bertz CT molecular complexity index is 709. The fourth-order valence-electron chi connectivity index (χ4n) is 2.90. The minimum Gasteiger partial charge on any atom is -0.336 e. The predicted molar refractivity (Wildman–Crippen MR) is 105 cm³/mol. The third-order valence-corrected chi connectivity index (χ3v) is 5.33. The van der Waals surface area contributed by atoms with Crippen LogP contribution in [0.3, 0.4) is 0 Å². The van der Waals surface area contributed by atoms with Crippen LogP contribution in [0, 0.1) is 0 Å². The molecule has 1 N–H and O–H groups in total. The van der Waals surface area contributed by atoms with Gasteiger partial charge in [-0.2, -0.15) is 0 Å². The number of piperazine rings is 1. The quantitative estimate of drug-likeness (QED) is 0.837. The van der Waals surface area contributed by atoms with Gasteiger partial charge in [-0.25, -0.2) is 4.98 Å². The minimum atomic E-state index is -0.00183. The molecule has 0 aliphatic carbocycles. The molecule has 1 atom stereocenters. The van der Waals surface area contributed by atoms with Crippen LogP contribution in [-0.2, 0) is 17.6 Å². The number of nitrogens with zero attached hydrogens (tertiary/aromatic N) is 3. The van der Waals surface area contributed by atoms with Gasteiger partial charge in [0.25, 0.3) is 0 Å². The molecule has 0 bridgehead atoms. The fraction of sp³-hybridized carbons (Fsp3) is 0.412. The molecule has 1 aromatic heterocycles. The second-order valence-electron chi connectivity index (χ2n) is 5.83. The third-order valence-electron chi connectivity index (χ3n) is 4.10. The molecule has 1 aromatic carbocycles. The highest BCUT2D eigenvalue weighted by atomic mass is 35.5. The van der Waals surface area contributed by atoms with Gasteiger partial charge >= 0.3 is 0 Å². The number of hydrogen-bond donors (Lipinski definition) is 1. The number of carbonyl (C=O) groups is 1.